The summed E-state index contributed by atoms with van der Waals surface area (Å²) in [5.41, 5.74) is 1.91. The predicted octanol–water partition coefficient (Wildman–Crippen LogP) is 2.80. The van der Waals surface area contributed by atoms with Crippen LogP contribution in [0.25, 0.3) is 0 Å². The van der Waals surface area contributed by atoms with E-state index in [0.29, 0.717) is 17.0 Å². The molecule has 0 fully saturated rings. The van der Waals surface area contributed by atoms with E-state index < -0.39 is 11.9 Å². The Bertz CT molecular complexity index is 668. The fourth-order valence-electron chi connectivity index (χ4n) is 1.88. The largest absolute Gasteiger partial charge is 0.496 e. The minimum atomic E-state index is -0.568. The number of amides is 1. The number of nitrogens with one attached hydrogen (secondary N) is 1. The highest BCUT2D eigenvalue weighted by Crippen LogP contribution is 2.19. The van der Waals surface area contributed by atoms with Crippen LogP contribution in [-0.4, -0.2) is 25.6 Å². The summed E-state index contributed by atoms with van der Waals surface area (Å²) in [6.07, 6.45) is 0. The highest BCUT2D eigenvalue weighted by molar-refractivity contribution is 5.95. The number of esters is 1. The molecule has 0 aromatic heterocycles. The molecule has 1 N–H and O–H groups in total. The molecule has 0 atom stereocenters. The Kier molecular flexibility index (Phi) is 5.14. The lowest BCUT2D eigenvalue weighted by atomic mass is 10.1. The number of aryl methyl sites for hydroxylation is 1. The van der Waals surface area contributed by atoms with Crippen LogP contribution in [0.4, 0.5) is 5.69 Å². The van der Waals surface area contributed by atoms with Crippen LogP contribution in [0.1, 0.15) is 15.9 Å². The smallest absolute Gasteiger partial charge is 0.338 e. The first-order chi connectivity index (χ1) is 10.6. The molecule has 0 radical (unpaired) electrons. The van der Waals surface area contributed by atoms with Crippen molar-refractivity contribution in [1.29, 1.82) is 0 Å². The first kappa shape index (κ1) is 15.6. The zero-order chi connectivity index (χ0) is 15.9. The first-order valence-electron chi connectivity index (χ1n) is 6.77. The van der Waals surface area contributed by atoms with Gasteiger partial charge in [-0.15, -0.1) is 0 Å². The van der Waals surface area contributed by atoms with E-state index in [1.54, 1.807) is 42.5 Å². The van der Waals surface area contributed by atoms with Crippen LogP contribution in [0.15, 0.2) is 48.5 Å². The molecule has 114 valence electrons. The van der Waals surface area contributed by atoms with Gasteiger partial charge in [-0.2, -0.15) is 0 Å². The van der Waals surface area contributed by atoms with E-state index in [4.69, 9.17) is 9.47 Å². The first-order valence-corrected chi connectivity index (χ1v) is 6.77. The van der Waals surface area contributed by atoms with Crippen LogP contribution < -0.4 is 10.1 Å². The minimum absolute atomic E-state index is 0.343. The average Bonchev–Trinajstić information content (AvgIpc) is 2.54. The molecule has 2 rings (SSSR count). The lowest BCUT2D eigenvalue weighted by molar-refractivity contribution is -0.119. The van der Waals surface area contributed by atoms with Gasteiger partial charge in [0.25, 0.3) is 5.91 Å². The molecule has 5 nitrogen and oxygen atoms in total. The quantitative estimate of drug-likeness (QED) is 0.862. The van der Waals surface area contributed by atoms with Gasteiger partial charge in [-0.1, -0.05) is 24.3 Å². The fraction of sp³-hybridized carbons (Fsp3) is 0.176. The summed E-state index contributed by atoms with van der Waals surface area (Å²) < 4.78 is 10.1. The Morgan fingerprint density at radius 1 is 1.09 bits per heavy atom. The number of carbonyl (C=O) groups excluding carboxylic acids is 2. The number of hydrogen-bond acceptors (Lipinski definition) is 4. The van der Waals surface area contributed by atoms with Gasteiger partial charge in [0.1, 0.15) is 5.75 Å². The van der Waals surface area contributed by atoms with Crippen molar-refractivity contribution in [3.05, 3.63) is 59.7 Å². The lowest BCUT2D eigenvalue weighted by Crippen LogP contribution is -2.20. The Labute approximate surface area is 128 Å². The number of carbonyl (C=O) groups is 2. The SMILES string of the molecule is COc1cc(C(=O)OCC(=O)Nc2ccccc2)ccc1C. The summed E-state index contributed by atoms with van der Waals surface area (Å²) in [6, 6.07) is 14.0. The highest BCUT2D eigenvalue weighted by atomic mass is 16.5. The molecule has 0 aliphatic carbocycles. The summed E-state index contributed by atoms with van der Waals surface area (Å²) >= 11 is 0. The van der Waals surface area contributed by atoms with Gasteiger partial charge in [0, 0.05) is 5.69 Å². The van der Waals surface area contributed by atoms with Crippen LogP contribution in [-0.2, 0) is 9.53 Å². The molecular weight excluding hydrogens is 282 g/mol. The predicted molar refractivity (Wildman–Crippen MR) is 83.1 cm³/mol. The average molecular weight is 299 g/mol. The molecule has 5 heteroatoms. The normalized spacial score (nSPS) is 9.91. The highest BCUT2D eigenvalue weighted by Gasteiger charge is 2.12. The van der Waals surface area contributed by atoms with E-state index in [2.05, 4.69) is 5.32 Å². The number of benzene rings is 2. The van der Waals surface area contributed by atoms with Crippen molar-refractivity contribution in [1.82, 2.24) is 0 Å². The van der Waals surface area contributed by atoms with Crippen molar-refractivity contribution in [3.63, 3.8) is 0 Å². The van der Waals surface area contributed by atoms with Gasteiger partial charge in [-0.25, -0.2) is 4.79 Å². The molecule has 0 saturated heterocycles. The maximum atomic E-state index is 11.9. The zero-order valence-electron chi connectivity index (χ0n) is 12.5. The third-order valence-electron chi connectivity index (χ3n) is 3.04. The van der Waals surface area contributed by atoms with Crippen molar-refractivity contribution in [2.75, 3.05) is 19.0 Å². The number of methoxy groups -OCH3 is 1. The fourth-order valence-corrected chi connectivity index (χ4v) is 1.88. The third kappa shape index (κ3) is 4.09. The second kappa shape index (κ2) is 7.26. The number of rotatable bonds is 5. The Balaban J connectivity index is 1.91. The van der Waals surface area contributed by atoms with Crippen molar-refractivity contribution in [3.8, 4) is 5.75 Å². The van der Waals surface area contributed by atoms with Gasteiger partial charge in [-0.05, 0) is 36.8 Å². The second-order valence-corrected chi connectivity index (χ2v) is 4.67. The summed E-state index contributed by atoms with van der Waals surface area (Å²) in [6.45, 7) is 1.53. The van der Waals surface area contributed by atoms with E-state index in [9.17, 15) is 9.59 Å². The summed E-state index contributed by atoms with van der Waals surface area (Å²) in [5.74, 6) is -0.358. The van der Waals surface area contributed by atoms with Gasteiger partial charge in [-0.3, -0.25) is 4.79 Å². The number of hydrogen-bond donors (Lipinski definition) is 1. The van der Waals surface area contributed by atoms with Crippen LogP contribution in [0.2, 0.25) is 0 Å². The van der Waals surface area contributed by atoms with E-state index in [0.717, 1.165) is 5.56 Å². The van der Waals surface area contributed by atoms with Crippen LogP contribution in [0, 0.1) is 6.92 Å². The van der Waals surface area contributed by atoms with Crippen molar-refractivity contribution in [2.24, 2.45) is 0 Å². The molecule has 1 amide bonds. The molecule has 22 heavy (non-hydrogen) atoms. The molecule has 0 spiro atoms. The monoisotopic (exact) mass is 299 g/mol. The lowest BCUT2D eigenvalue weighted by Gasteiger charge is -2.08. The van der Waals surface area contributed by atoms with Crippen molar-refractivity contribution >= 4 is 17.6 Å². The molecule has 2 aromatic rings. The molecule has 0 heterocycles. The van der Waals surface area contributed by atoms with Gasteiger partial charge in [0.2, 0.25) is 0 Å². The molecule has 0 aliphatic rings. The van der Waals surface area contributed by atoms with E-state index in [1.807, 2.05) is 13.0 Å². The van der Waals surface area contributed by atoms with Crippen LogP contribution in [0.3, 0.4) is 0 Å². The van der Waals surface area contributed by atoms with Crippen molar-refractivity contribution in [2.45, 2.75) is 6.92 Å². The number of anilines is 1. The van der Waals surface area contributed by atoms with Gasteiger partial charge < -0.3 is 14.8 Å². The minimum Gasteiger partial charge on any atom is -0.496 e. The van der Waals surface area contributed by atoms with Crippen LogP contribution in [0.5, 0.6) is 5.75 Å². The Morgan fingerprint density at radius 2 is 1.82 bits per heavy atom. The van der Waals surface area contributed by atoms with Crippen molar-refractivity contribution < 1.29 is 19.1 Å². The third-order valence-corrected chi connectivity index (χ3v) is 3.04. The molecule has 0 saturated carbocycles. The zero-order valence-corrected chi connectivity index (χ0v) is 12.5. The number of ether oxygens (including phenoxy) is 2. The van der Waals surface area contributed by atoms with E-state index in [-0.39, 0.29) is 6.61 Å². The van der Waals surface area contributed by atoms with Gasteiger partial charge in [0.15, 0.2) is 6.61 Å². The molecule has 0 aliphatic heterocycles. The molecular formula is C17H17NO4. The van der Waals surface area contributed by atoms with Crippen LogP contribution >= 0.6 is 0 Å². The number of para-hydroxylation sites is 1. The topological polar surface area (TPSA) is 64.6 Å². The molecule has 0 bridgehead atoms. The molecule has 2 aromatic carbocycles. The summed E-state index contributed by atoms with van der Waals surface area (Å²) in [7, 11) is 1.53. The van der Waals surface area contributed by atoms with Gasteiger partial charge in [0.05, 0.1) is 12.7 Å². The van der Waals surface area contributed by atoms with E-state index >= 15 is 0 Å². The maximum Gasteiger partial charge on any atom is 0.338 e. The summed E-state index contributed by atoms with van der Waals surface area (Å²) in [5, 5.41) is 2.64. The summed E-state index contributed by atoms with van der Waals surface area (Å²) in [4.78, 5) is 23.6. The Hall–Kier alpha value is -2.82. The molecule has 0 unspecified atom stereocenters. The second-order valence-electron chi connectivity index (χ2n) is 4.67. The van der Waals surface area contributed by atoms with Gasteiger partial charge >= 0.3 is 5.97 Å². The van der Waals surface area contributed by atoms with E-state index in [1.165, 1.54) is 7.11 Å². The standard InChI is InChI=1S/C17H17NO4/c1-12-8-9-13(10-15(12)21-2)17(20)22-11-16(19)18-14-6-4-3-5-7-14/h3-10H,11H2,1-2H3,(H,18,19). The Morgan fingerprint density at radius 3 is 2.50 bits per heavy atom. The maximum absolute atomic E-state index is 11.9.